The van der Waals surface area contributed by atoms with E-state index >= 15 is 0 Å². The van der Waals surface area contributed by atoms with Crippen molar-refractivity contribution in [3.8, 4) is 5.75 Å². The summed E-state index contributed by atoms with van der Waals surface area (Å²) < 4.78 is 5.36. The number of β-amino-alcohol motifs (C(OH)–C–C–N with tert-alkyl or cyclic N) is 1. The summed E-state index contributed by atoms with van der Waals surface area (Å²) in [4.78, 5) is 2.17. The number of aryl methyl sites for hydroxylation is 1. The third kappa shape index (κ3) is 2.79. The number of ether oxygens (including phenoxy) is 1. The van der Waals surface area contributed by atoms with Crippen molar-refractivity contribution in [2.24, 2.45) is 0 Å². The lowest BCUT2D eigenvalue weighted by Crippen LogP contribution is -2.34. The molecule has 1 fully saturated rings. The van der Waals surface area contributed by atoms with Gasteiger partial charge in [0.15, 0.2) is 0 Å². The summed E-state index contributed by atoms with van der Waals surface area (Å²) in [6.45, 7) is 3.77. The van der Waals surface area contributed by atoms with Gasteiger partial charge >= 0.3 is 0 Å². The fourth-order valence-corrected chi connectivity index (χ4v) is 2.60. The zero-order valence-corrected chi connectivity index (χ0v) is 10.9. The summed E-state index contributed by atoms with van der Waals surface area (Å²) in [5.74, 6) is 0.874. The topological polar surface area (TPSA) is 32.7 Å². The zero-order chi connectivity index (χ0) is 12.5. The van der Waals surface area contributed by atoms with Gasteiger partial charge in [0, 0.05) is 19.5 Å². The zero-order valence-electron chi connectivity index (χ0n) is 10.9. The molecule has 1 aliphatic rings. The predicted octanol–water partition coefficient (Wildman–Crippen LogP) is 1.61. The molecule has 17 heavy (non-hydrogen) atoms. The Bertz CT molecular complexity index is 405. The van der Waals surface area contributed by atoms with Gasteiger partial charge in [0.05, 0.1) is 12.7 Å². The second-order valence-electron chi connectivity index (χ2n) is 5.20. The van der Waals surface area contributed by atoms with Crippen LogP contribution in [0.5, 0.6) is 5.75 Å². The van der Waals surface area contributed by atoms with Crippen LogP contribution in [0.3, 0.4) is 0 Å². The van der Waals surface area contributed by atoms with Gasteiger partial charge in [-0.15, -0.1) is 0 Å². The molecular formula is C14H21NO2. The van der Waals surface area contributed by atoms with Crippen LogP contribution in [0.1, 0.15) is 17.5 Å². The number of benzene rings is 1. The molecule has 1 unspecified atom stereocenters. The van der Waals surface area contributed by atoms with E-state index in [1.807, 2.05) is 19.2 Å². The van der Waals surface area contributed by atoms with E-state index in [1.165, 1.54) is 5.56 Å². The number of aliphatic hydroxyl groups is 1. The lowest BCUT2D eigenvalue weighted by atomic mass is 9.92. The Hall–Kier alpha value is -1.06. The molecule has 1 saturated heterocycles. The Balaban J connectivity index is 2.20. The van der Waals surface area contributed by atoms with Crippen molar-refractivity contribution in [3.05, 3.63) is 29.3 Å². The standard InChI is InChI=1S/C14H21NO2/c1-11-4-5-13(17-3)12(8-11)9-14(16)6-7-15(2)10-14/h4-5,8,16H,6-7,9-10H2,1-3H3. The Morgan fingerprint density at radius 2 is 2.24 bits per heavy atom. The molecule has 3 heteroatoms. The second-order valence-corrected chi connectivity index (χ2v) is 5.20. The Labute approximate surface area is 103 Å². The van der Waals surface area contributed by atoms with E-state index in [0.717, 1.165) is 30.8 Å². The summed E-state index contributed by atoms with van der Waals surface area (Å²) in [7, 11) is 3.73. The van der Waals surface area contributed by atoms with E-state index in [4.69, 9.17) is 4.74 Å². The SMILES string of the molecule is COc1ccc(C)cc1CC1(O)CCN(C)C1. The molecule has 1 heterocycles. The lowest BCUT2D eigenvalue weighted by Gasteiger charge is -2.23. The molecule has 0 bridgehead atoms. The maximum Gasteiger partial charge on any atom is 0.122 e. The van der Waals surface area contributed by atoms with Crippen LogP contribution in [0.4, 0.5) is 0 Å². The molecule has 1 aromatic rings. The highest BCUT2D eigenvalue weighted by Crippen LogP contribution is 2.29. The second kappa shape index (κ2) is 4.67. The largest absolute Gasteiger partial charge is 0.496 e. The van der Waals surface area contributed by atoms with Gasteiger partial charge in [-0.1, -0.05) is 17.7 Å². The molecule has 0 spiro atoms. The first-order valence-corrected chi connectivity index (χ1v) is 6.07. The van der Waals surface area contributed by atoms with Crippen molar-refractivity contribution in [1.82, 2.24) is 4.90 Å². The highest BCUT2D eigenvalue weighted by molar-refractivity contribution is 5.38. The third-order valence-corrected chi connectivity index (χ3v) is 3.48. The fourth-order valence-electron chi connectivity index (χ4n) is 2.60. The average molecular weight is 235 g/mol. The molecular weight excluding hydrogens is 214 g/mol. The molecule has 3 nitrogen and oxygen atoms in total. The van der Waals surface area contributed by atoms with Crippen LogP contribution >= 0.6 is 0 Å². The van der Waals surface area contributed by atoms with Gasteiger partial charge < -0.3 is 14.7 Å². The molecule has 0 radical (unpaired) electrons. The summed E-state index contributed by atoms with van der Waals surface area (Å²) >= 11 is 0. The maximum atomic E-state index is 10.5. The molecule has 1 N–H and O–H groups in total. The highest BCUT2D eigenvalue weighted by atomic mass is 16.5. The van der Waals surface area contributed by atoms with Crippen molar-refractivity contribution in [1.29, 1.82) is 0 Å². The van der Waals surface area contributed by atoms with Gasteiger partial charge in [0.25, 0.3) is 0 Å². The van der Waals surface area contributed by atoms with Crippen LogP contribution in [0, 0.1) is 6.92 Å². The molecule has 1 atom stereocenters. The van der Waals surface area contributed by atoms with Crippen LogP contribution in [0.15, 0.2) is 18.2 Å². The number of nitrogens with zero attached hydrogens (tertiary/aromatic N) is 1. The summed E-state index contributed by atoms with van der Waals surface area (Å²) in [5.41, 5.74) is 1.71. The van der Waals surface area contributed by atoms with E-state index in [9.17, 15) is 5.11 Å². The van der Waals surface area contributed by atoms with Gasteiger partial charge in [-0.25, -0.2) is 0 Å². The number of methoxy groups -OCH3 is 1. The monoisotopic (exact) mass is 235 g/mol. The van der Waals surface area contributed by atoms with Gasteiger partial charge in [0.2, 0.25) is 0 Å². The molecule has 0 aliphatic carbocycles. The number of hydrogen-bond donors (Lipinski definition) is 1. The minimum absolute atomic E-state index is 0.601. The van der Waals surface area contributed by atoms with Gasteiger partial charge in [-0.2, -0.15) is 0 Å². The molecule has 1 aromatic carbocycles. The van der Waals surface area contributed by atoms with E-state index in [1.54, 1.807) is 7.11 Å². The molecule has 0 aromatic heterocycles. The molecule has 0 amide bonds. The number of rotatable bonds is 3. The summed E-state index contributed by atoms with van der Waals surface area (Å²) in [6, 6.07) is 6.12. The van der Waals surface area contributed by atoms with Crippen LogP contribution < -0.4 is 4.74 Å². The number of likely N-dealkylation sites (tertiary alicyclic amines) is 1. The maximum absolute atomic E-state index is 10.5. The van der Waals surface area contributed by atoms with Crippen LogP contribution in [0.2, 0.25) is 0 Å². The van der Waals surface area contributed by atoms with Crippen molar-refractivity contribution < 1.29 is 9.84 Å². The minimum Gasteiger partial charge on any atom is -0.496 e. The highest BCUT2D eigenvalue weighted by Gasteiger charge is 2.35. The Kier molecular flexibility index (Phi) is 3.40. The fraction of sp³-hybridized carbons (Fsp3) is 0.571. The number of hydrogen-bond acceptors (Lipinski definition) is 3. The van der Waals surface area contributed by atoms with Crippen molar-refractivity contribution in [2.75, 3.05) is 27.2 Å². The van der Waals surface area contributed by atoms with E-state index < -0.39 is 5.60 Å². The Morgan fingerprint density at radius 3 is 2.82 bits per heavy atom. The predicted molar refractivity (Wildman–Crippen MR) is 68.5 cm³/mol. The molecule has 94 valence electrons. The summed E-state index contributed by atoms with van der Waals surface area (Å²) in [6.07, 6.45) is 1.50. The molecule has 1 aliphatic heterocycles. The third-order valence-electron chi connectivity index (χ3n) is 3.48. The van der Waals surface area contributed by atoms with Gasteiger partial charge in [-0.05, 0) is 32.0 Å². The van der Waals surface area contributed by atoms with Gasteiger partial charge in [0.1, 0.15) is 5.75 Å². The van der Waals surface area contributed by atoms with Crippen molar-refractivity contribution in [2.45, 2.75) is 25.4 Å². The van der Waals surface area contributed by atoms with Gasteiger partial charge in [-0.3, -0.25) is 0 Å². The first kappa shape index (κ1) is 12.4. The van der Waals surface area contributed by atoms with Crippen molar-refractivity contribution >= 4 is 0 Å². The van der Waals surface area contributed by atoms with Crippen molar-refractivity contribution in [3.63, 3.8) is 0 Å². The first-order valence-electron chi connectivity index (χ1n) is 6.07. The number of likely N-dealkylation sites (N-methyl/N-ethyl adjacent to an activating group) is 1. The first-order chi connectivity index (χ1) is 8.02. The summed E-state index contributed by atoms with van der Waals surface area (Å²) in [5, 5.41) is 10.5. The normalized spacial score (nSPS) is 25.2. The quantitative estimate of drug-likeness (QED) is 0.864. The average Bonchev–Trinajstić information content (AvgIpc) is 2.59. The van der Waals surface area contributed by atoms with Crippen LogP contribution in [-0.2, 0) is 6.42 Å². The Morgan fingerprint density at radius 1 is 1.47 bits per heavy atom. The van der Waals surface area contributed by atoms with E-state index in [0.29, 0.717) is 6.42 Å². The molecule has 0 saturated carbocycles. The molecule has 2 rings (SSSR count). The van der Waals surface area contributed by atoms with E-state index in [-0.39, 0.29) is 0 Å². The lowest BCUT2D eigenvalue weighted by molar-refractivity contribution is 0.0517. The smallest absolute Gasteiger partial charge is 0.122 e. The van der Waals surface area contributed by atoms with E-state index in [2.05, 4.69) is 17.9 Å². The van der Waals surface area contributed by atoms with Crippen LogP contribution in [0.25, 0.3) is 0 Å². The minimum atomic E-state index is -0.601. The van der Waals surface area contributed by atoms with Crippen LogP contribution in [-0.4, -0.2) is 42.9 Å².